The largest absolute Gasteiger partial charge is 0.495 e. The molecule has 1 atom stereocenters. The highest BCUT2D eigenvalue weighted by atomic mass is 35.5. The average molecular weight is 260 g/mol. The Morgan fingerprint density at radius 1 is 1.50 bits per heavy atom. The van der Waals surface area contributed by atoms with Gasteiger partial charge in [0.2, 0.25) is 5.91 Å². The Bertz CT molecular complexity index is 420. The van der Waals surface area contributed by atoms with E-state index in [4.69, 9.17) is 27.9 Å². The van der Waals surface area contributed by atoms with Crippen molar-refractivity contribution in [2.75, 3.05) is 12.4 Å². The number of rotatable bonds is 3. The van der Waals surface area contributed by atoms with Gasteiger partial charge in [-0.2, -0.15) is 0 Å². The first-order valence-corrected chi connectivity index (χ1v) is 5.62. The highest BCUT2D eigenvalue weighted by Gasteiger charge is 2.56. The van der Waals surface area contributed by atoms with E-state index in [0.717, 1.165) is 0 Å². The van der Waals surface area contributed by atoms with Crippen molar-refractivity contribution in [1.29, 1.82) is 0 Å². The van der Waals surface area contributed by atoms with Gasteiger partial charge >= 0.3 is 0 Å². The molecule has 0 aromatic heterocycles. The Balaban J connectivity index is 2.07. The van der Waals surface area contributed by atoms with Crippen LogP contribution >= 0.6 is 23.2 Å². The molecule has 0 bridgehead atoms. The van der Waals surface area contributed by atoms with Gasteiger partial charge in [-0.05, 0) is 18.6 Å². The number of carbonyl (C=O) groups is 1. The lowest BCUT2D eigenvalue weighted by Crippen LogP contribution is -2.17. The number of ether oxygens (including phenoxy) is 1. The summed E-state index contributed by atoms with van der Waals surface area (Å²) < 4.78 is 4.22. The van der Waals surface area contributed by atoms with E-state index in [9.17, 15) is 4.79 Å². The van der Waals surface area contributed by atoms with Crippen molar-refractivity contribution in [2.24, 2.45) is 5.92 Å². The number of para-hydroxylation sites is 2. The van der Waals surface area contributed by atoms with Gasteiger partial charge in [0.25, 0.3) is 0 Å². The fourth-order valence-electron chi connectivity index (χ4n) is 1.47. The zero-order valence-electron chi connectivity index (χ0n) is 8.67. The number of nitrogens with one attached hydrogen (secondary N) is 1. The molecule has 0 unspecified atom stereocenters. The van der Waals surface area contributed by atoms with Crippen LogP contribution < -0.4 is 10.1 Å². The van der Waals surface area contributed by atoms with Crippen molar-refractivity contribution in [3.8, 4) is 5.75 Å². The molecule has 0 spiro atoms. The van der Waals surface area contributed by atoms with Crippen LogP contribution in [-0.4, -0.2) is 17.4 Å². The molecule has 1 aromatic carbocycles. The SMILES string of the molecule is COc1ccccc1NC(=O)[C@H]1CC1(Cl)Cl. The number of amides is 1. The van der Waals surface area contributed by atoms with Gasteiger partial charge in [-0.1, -0.05) is 12.1 Å². The second-order valence-electron chi connectivity index (χ2n) is 3.71. The minimum atomic E-state index is -0.897. The lowest BCUT2D eigenvalue weighted by molar-refractivity contribution is -0.117. The van der Waals surface area contributed by atoms with E-state index in [0.29, 0.717) is 17.9 Å². The summed E-state index contributed by atoms with van der Waals surface area (Å²) in [5.41, 5.74) is 0.631. The Kier molecular flexibility index (Phi) is 3.00. The first-order chi connectivity index (χ1) is 7.54. The molecule has 1 amide bonds. The first kappa shape index (κ1) is 11.6. The summed E-state index contributed by atoms with van der Waals surface area (Å²) in [7, 11) is 1.55. The topological polar surface area (TPSA) is 38.3 Å². The van der Waals surface area contributed by atoms with Crippen molar-refractivity contribution in [3.63, 3.8) is 0 Å². The molecule has 86 valence electrons. The van der Waals surface area contributed by atoms with Crippen molar-refractivity contribution in [1.82, 2.24) is 0 Å². The minimum Gasteiger partial charge on any atom is -0.495 e. The summed E-state index contributed by atoms with van der Waals surface area (Å²) in [6, 6.07) is 7.19. The molecule has 3 nitrogen and oxygen atoms in total. The molecule has 1 aliphatic carbocycles. The van der Waals surface area contributed by atoms with Gasteiger partial charge in [-0.15, -0.1) is 23.2 Å². The number of hydrogen-bond donors (Lipinski definition) is 1. The normalized spacial score (nSPS) is 21.3. The highest BCUT2D eigenvalue weighted by Crippen LogP contribution is 2.53. The van der Waals surface area contributed by atoms with Crippen LogP contribution in [0, 0.1) is 5.92 Å². The molecule has 0 radical (unpaired) electrons. The summed E-state index contributed by atoms with van der Waals surface area (Å²) in [4.78, 5) is 11.7. The Labute approximate surface area is 104 Å². The number of alkyl halides is 2. The van der Waals surface area contributed by atoms with Crippen LogP contribution in [0.25, 0.3) is 0 Å². The lowest BCUT2D eigenvalue weighted by Gasteiger charge is -2.09. The number of anilines is 1. The van der Waals surface area contributed by atoms with Crippen molar-refractivity contribution >= 4 is 34.8 Å². The zero-order valence-corrected chi connectivity index (χ0v) is 10.2. The van der Waals surface area contributed by atoms with Crippen molar-refractivity contribution in [2.45, 2.75) is 10.8 Å². The molecule has 2 rings (SSSR count). The van der Waals surface area contributed by atoms with Crippen LogP contribution in [0.5, 0.6) is 5.75 Å². The van der Waals surface area contributed by atoms with E-state index in [1.807, 2.05) is 12.1 Å². The number of hydrogen-bond acceptors (Lipinski definition) is 2. The molecule has 1 saturated carbocycles. The van der Waals surface area contributed by atoms with E-state index in [-0.39, 0.29) is 11.8 Å². The van der Waals surface area contributed by atoms with Gasteiger partial charge in [0.1, 0.15) is 10.1 Å². The third-order valence-corrected chi connectivity index (χ3v) is 3.34. The average Bonchev–Trinajstić information content (AvgIpc) is 2.89. The quantitative estimate of drug-likeness (QED) is 0.848. The van der Waals surface area contributed by atoms with E-state index in [1.165, 1.54) is 0 Å². The van der Waals surface area contributed by atoms with Gasteiger partial charge < -0.3 is 10.1 Å². The summed E-state index contributed by atoms with van der Waals surface area (Å²) in [6.07, 6.45) is 0.497. The molecule has 0 saturated heterocycles. The van der Waals surface area contributed by atoms with Gasteiger partial charge in [-0.3, -0.25) is 4.79 Å². The molecule has 1 fully saturated rings. The molecule has 0 heterocycles. The van der Waals surface area contributed by atoms with Crippen LogP contribution in [-0.2, 0) is 4.79 Å². The maximum atomic E-state index is 11.7. The number of benzene rings is 1. The first-order valence-electron chi connectivity index (χ1n) is 4.86. The van der Waals surface area contributed by atoms with Crippen LogP contribution in [0.4, 0.5) is 5.69 Å². The summed E-state index contributed by atoms with van der Waals surface area (Å²) in [6.45, 7) is 0. The van der Waals surface area contributed by atoms with Crippen molar-refractivity contribution in [3.05, 3.63) is 24.3 Å². The van der Waals surface area contributed by atoms with E-state index in [2.05, 4.69) is 5.32 Å². The van der Waals surface area contributed by atoms with Gasteiger partial charge in [0.05, 0.1) is 18.7 Å². The molecular formula is C11H11Cl2NO2. The lowest BCUT2D eigenvalue weighted by atomic mass is 10.2. The van der Waals surface area contributed by atoms with E-state index >= 15 is 0 Å². The molecular weight excluding hydrogens is 249 g/mol. The predicted octanol–water partition coefficient (Wildman–Crippen LogP) is 2.83. The molecule has 0 aliphatic heterocycles. The second-order valence-corrected chi connectivity index (χ2v) is 5.25. The number of carbonyl (C=O) groups excluding carboxylic acids is 1. The van der Waals surface area contributed by atoms with Crippen LogP contribution in [0.1, 0.15) is 6.42 Å². The zero-order chi connectivity index (χ0) is 11.8. The molecule has 1 aliphatic rings. The van der Waals surface area contributed by atoms with Gasteiger partial charge in [-0.25, -0.2) is 0 Å². The Morgan fingerprint density at radius 3 is 2.69 bits per heavy atom. The maximum Gasteiger partial charge on any atom is 0.230 e. The minimum absolute atomic E-state index is 0.172. The van der Waals surface area contributed by atoms with Crippen LogP contribution in [0.3, 0.4) is 0 Å². The standard InChI is InChI=1S/C11H11Cl2NO2/c1-16-9-5-3-2-4-8(9)14-10(15)7-6-11(7,12)13/h2-5,7H,6H2,1H3,(H,14,15)/t7-/m1/s1. The van der Waals surface area contributed by atoms with E-state index in [1.54, 1.807) is 19.2 Å². The highest BCUT2D eigenvalue weighted by molar-refractivity contribution is 6.52. The number of methoxy groups -OCH3 is 1. The fourth-order valence-corrected chi connectivity index (χ4v) is 1.97. The van der Waals surface area contributed by atoms with Crippen molar-refractivity contribution < 1.29 is 9.53 Å². The third-order valence-electron chi connectivity index (χ3n) is 2.51. The Morgan fingerprint density at radius 2 is 2.12 bits per heavy atom. The fraction of sp³-hybridized carbons (Fsp3) is 0.364. The van der Waals surface area contributed by atoms with E-state index < -0.39 is 4.33 Å². The van der Waals surface area contributed by atoms with Gasteiger partial charge in [0.15, 0.2) is 0 Å². The van der Waals surface area contributed by atoms with Crippen LogP contribution in [0.15, 0.2) is 24.3 Å². The molecule has 1 aromatic rings. The Hall–Kier alpha value is -0.930. The van der Waals surface area contributed by atoms with Crippen LogP contribution in [0.2, 0.25) is 0 Å². The predicted molar refractivity (Wildman–Crippen MR) is 64.2 cm³/mol. The number of halogens is 2. The summed E-state index contributed by atoms with van der Waals surface area (Å²) in [5.74, 6) is 0.112. The second kappa shape index (κ2) is 4.15. The third kappa shape index (κ3) is 2.25. The maximum absolute atomic E-state index is 11.7. The summed E-state index contributed by atoms with van der Waals surface area (Å²) >= 11 is 11.6. The monoisotopic (exact) mass is 259 g/mol. The molecule has 5 heteroatoms. The molecule has 16 heavy (non-hydrogen) atoms. The molecule has 1 N–H and O–H groups in total. The van der Waals surface area contributed by atoms with Gasteiger partial charge in [0, 0.05) is 0 Å². The summed E-state index contributed by atoms with van der Waals surface area (Å²) in [5, 5.41) is 2.75. The smallest absolute Gasteiger partial charge is 0.230 e.